The number of pyridine rings is 1. The van der Waals surface area contributed by atoms with Crippen molar-refractivity contribution in [2.24, 2.45) is 0 Å². The van der Waals surface area contributed by atoms with Crippen molar-refractivity contribution in [3.05, 3.63) is 35.3 Å². The van der Waals surface area contributed by atoms with Crippen LogP contribution in [-0.2, 0) is 28.7 Å². The summed E-state index contributed by atoms with van der Waals surface area (Å²) in [6, 6.07) is 2.23. The van der Waals surface area contributed by atoms with Crippen molar-refractivity contribution in [2.45, 2.75) is 103 Å². The Kier molecular flexibility index (Phi) is 13.0. The first kappa shape index (κ1) is 40.2. The fourth-order valence-electron chi connectivity index (χ4n) is 6.76. The number of carbonyl (C=O) groups excluding carboxylic acids is 6. The summed E-state index contributed by atoms with van der Waals surface area (Å²) in [6.07, 6.45) is 3.36. The monoisotopic (exact) mass is 754 g/mol. The maximum Gasteiger partial charge on any atom is 0.409 e. The molecule has 3 fully saturated rings. The van der Waals surface area contributed by atoms with E-state index in [1.165, 1.54) is 39.8 Å². The van der Waals surface area contributed by atoms with E-state index in [4.69, 9.17) is 14.2 Å². The van der Waals surface area contributed by atoms with Gasteiger partial charge in [0.25, 0.3) is 11.8 Å². The summed E-state index contributed by atoms with van der Waals surface area (Å²) in [5, 5.41) is 5.99. The second-order valence-electron chi connectivity index (χ2n) is 14.9. The molecule has 3 aliphatic rings. The third kappa shape index (κ3) is 9.94. The molecule has 1 saturated carbocycles. The maximum absolute atomic E-state index is 14.8. The molecule has 15 nitrogen and oxygen atoms in total. The van der Waals surface area contributed by atoms with Gasteiger partial charge in [-0.15, -0.1) is 0 Å². The van der Waals surface area contributed by atoms with Crippen LogP contribution in [-0.4, -0.2) is 125 Å². The highest BCUT2D eigenvalue weighted by atomic mass is 19.1. The van der Waals surface area contributed by atoms with Crippen LogP contribution in [0.3, 0.4) is 0 Å². The number of piperazine rings is 1. The van der Waals surface area contributed by atoms with Crippen LogP contribution < -0.4 is 15.4 Å². The molecular weight excluding hydrogens is 703 g/mol. The highest BCUT2D eigenvalue weighted by Crippen LogP contribution is 2.31. The minimum Gasteiger partial charge on any atom is -0.483 e. The van der Waals surface area contributed by atoms with Gasteiger partial charge in [0.1, 0.15) is 34.9 Å². The fourth-order valence-corrected chi connectivity index (χ4v) is 6.76. The minimum absolute atomic E-state index is 0.0249. The van der Waals surface area contributed by atoms with E-state index in [1.54, 1.807) is 27.7 Å². The highest BCUT2D eigenvalue weighted by molar-refractivity contribution is 6.00. The zero-order chi connectivity index (χ0) is 39.2. The van der Waals surface area contributed by atoms with E-state index < -0.39 is 59.9 Å². The van der Waals surface area contributed by atoms with E-state index in [2.05, 4.69) is 15.6 Å². The number of halogens is 1. The SMILES string of the molecule is CCOC(=O)N1CCN(C(=O)[C@H](CCC(=O)OC(C)(C)C)NC(=O)c2cc(OCC(=O)N3CCC[C@H]3C(=O)NC3CCC3)c3c(C)c(F)ccc3n2)CC1. The first-order valence-corrected chi connectivity index (χ1v) is 18.7. The molecule has 2 N–H and O–H groups in total. The number of amides is 5. The maximum atomic E-state index is 14.8. The Morgan fingerprint density at radius 2 is 1.69 bits per heavy atom. The van der Waals surface area contributed by atoms with Gasteiger partial charge in [-0.25, -0.2) is 14.2 Å². The number of hydrogen-bond donors (Lipinski definition) is 2. The third-order valence-corrected chi connectivity index (χ3v) is 9.82. The third-order valence-electron chi connectivity index (χ3n) is 9.82. The van der Waals surface area contributed by atoms with E-state index >= 15 is 0 Å². The van der Waals surface area contributed by atoms with Crippen LogP contribution in [0.15, 0.2) is 18.2 Å². The minimum atomic E-state index is -1.17. The number of nitrogens with zero attached hydrogens (tertiary/aromatic N) is 4. The Hall–Kier alpha value is -5.02. The molecule has 0 spiro atoms. The first-order chi connectivity index (χ1) is 25.6. The average Bonchev–Trinajstić information content (AvgIpc) is 3.61. The Bertz CT molecular complexity index is 1750. The van der Waals surface area contributed by atoms with Crippen LogP contribution >= 0.6 is 0 Å². The number of benzene rings is 1. The van der Waals surface area contributed by atoms with Gasteiger partial charge in [-0.2, -0.15) is 0 Å². The summed E-state index contributed by atoms with van der Waals surface area (Å²) in [4.78, 5) is 87.9. The number of aryl methyl sites for hydroxylation is 1. The summed E-state index contributed by atoms with van der Waals surface area (Å²) < 4.78 is 31.3. The molecule has 16 heteroatoms. The van der Waals surface area contributed by atoms with Crippen LogP contribution in [0.1, 0.15) is 88.7 Å². The van der Waals surface area contributed by atoms with E-state index in [0.717, 1.165) is 19.3 Å². The molecule has 0 radical (unpaired) electrons. The molecular formula is C38H51FN6O9. The van der Waals surface area contributed by atoms with Gasteiger partial charge in [0, 0.05) is 56.6 Å². The molecule has 2 saturated heterocycles. The smallest absolute Gasteiger partial charge is 0.409 e. The van der Waals surface area contributed by atoms with Gasteiger partial charge in [-0.05, 0) is 90.8 Å². The lowest BCUT2D eigenvalue weighted by Crippen LogP contribution is -2.56. The van der Waals surface area contributed by atoms with Crippen LogP contribution in [0, 0.1) is 12.7 Å². The van der Waals surface area contributed by atoms with E-state index in [1.807, 2.05) is 0 Å². The van der Waals surface area contributed by atoms with Crippen molar-refractivity contribution in [3.63, 3.8) is 0 Å². The molecule has 2 aliphatic heterocycles. The Morgan fingerprint density at radius 1 is 0.981 bits per heavy atom. The van der Waals surface area contributed by atoms with Crippen molar-refractivity contribution in [1.82, 2.24) is 30.3 Å². The number of esters is 1. The molecule has 2 aromatic rings. The lowest BCUT2D eigenvalue weighted by atomic mass is 9.93. The molecule has 1 aromatic heterocycles. The zero-order valence-corrected chi connectivity index (χ0v) is 31.7. The number of nitrogens with one attached hydrogen (secondary N) is 2. The highest BCUT2D eigenvalue weighted by Gasteiger charge is 2.36. The molecule has 3 heterocycles. The van der Waals surface area contributed by atoms with Gasteiger partial charge in [0.2, 0.25) is 11.8 Å². The second kappa shape index (κ2) is 17.4. The molecule has 1 aromatic carbocycles. The zero-order valence-electron chi connectivity index (χ0n) is 31.7. The normalized spacial score (nSPS) is 18.1. The summed E-state index contributed by atoms with van der Waals surface area (Å²) in [5.74, 6) is -2.91. The molecule has 54 heavy (non-hydrogen) atoms. The number of ether oxygens (including phenoxy) is 3. The lowest BCUT2D eigenvalue weighted by Gasteiger charge is -2.36. The summed E-state index contributed by atoms with van der Waals surface area (Å²) in [7, 11) is 0. The topological polar surface area (TPSA) is 177 Å². The standard InChI is InChI=1S/C38H51FN6O9/c1-6-52-37(51)44-19-17-43(18-20-44)36(50)27(14-15-32(47)54-38(3,4)5)42-34(48)28-21-30(33-23(2)25(39)12-13-26(33)41-28)53-22-31(46)45-16-8-11-29(45)35(49)40-24-9-7-10-24/h12-13,21,24,27,29H,6-11,14-20,22H2,1-5H3,(H,40,49)(H,42,48)/t27-,29-/m0/s1. The fraction of sp³-hybridized carbons (Fsp3) is 0.605. The number of carbonyl (C=O) groups is 6. The number of likely N-dealkylation sites (tertiary alicyclic amines) is 1. The van der Waals surface area contributed by atoms with Crippen molar-refractivity contribution in [1.29, 1.82) is 0 Å². The summed E-state index contributed by atoms with van der Waals surface area (Å²) in [6.45, 7) is 9.35. The molecule has 1 aliphatic carbocycles. The van der Waals surface area contributed by atoms with E-state index in [0.29, 0.717) is 19.4 Å². The number of aromatic nitrogens is 1. The molecule has 5 amide bonds. The Morgan fingerprint density at radius 3 is 2.33 bits per heavy atom. The molecule has 5 rings (SSSR count). The van der Waals surface area contributed by atoms with Crippen LogP contribution in [0.4, 0.5) is 9.18 Å². The first-order valence-electron chi connectivity index (χ1n) is 18.7. The van der Waals surface area contributed by atoms with E-state index in [9.17, 15) is 33.2 Å². The Labute approximate surface area is 314 Å². The molecule has 0 unspecified atom stereocenters. The lowest BCUT2D eigenvalue weighted by molar-refractivity contribution is -0.155. The van der Waals surface area contributed by atoms with Gasteiger partial charge < -0.3 is 39.5 Å². The van der Waals surface area contributed by atoms with Crippen LogP contribution in [0.5, 0.6) is 5.75 Å². The number of fused-ring (bicyclic) bond motifs is 1. The number of rotatable bonds is 12. The van der Waals surface area contributed by atoms with Crippen molar-refractivity contribution >= 4 is 46.6 Å². The predicted octanol–water partition coefficient (Wildman–Crippen LogP) is 3.24. The van der Waals surface area contributed by atoms with Crippen LogP contribution in [0.2, 0.25) is 0 Å². The molecule has 294 valence electrons. The largest absolute Gasteiger partial charge is 0.483 e. The van der Waals surface area contributed by atoms with Gasteiger partial charge in [-0.1, -0.05) is 0 Å². The van der Waals surface area contributed by atoms with Gasteiger partial charge in [-0.3, -0.25) is 24.0 Å². The van der Waals surface area contributed by atoms with E-state index in [-0.39, 0.29) is 85.5 Å². The number of hydrogen-bond acceptors (Lipinski definition) is 10. The van der Waals surface area contributed by atoms with Crippen molar-refractivity contribution in [3.8, 4) is 5.75 Å². The van der Waals surface area contributed by atoms with Crippen LogP contribution in [0.25, 0.3) is 10.9 Å². The quantitative estimate of drug-likeness (QED) is 0.306. The van der Waals surface area contributed by atoms with Gasteiger partial charge in [0.05, 0.1) is 12.1 Å². The van der Waals surface area contributed by atoms with Gasteiger partial charge in [0.15, 0.2) is 6.61 Å². The average molecular weight is 755 g/mol. The molecule has 0 bridgehead atoms. The van der Waals surface area contributed by atoms with Gasteiger partial charge >= 0.3 is 12.1 Å². The summed E-state index contributed by atoms with van der Waals surface area (Å²) >= 11 is 0. The Balaban J connectivity index is 1.34. The molecule has 2 atom stereocenters. The van der Waals surface area contributed by atoms with Crippen molar-refractivity contribution < 1.29 is 47.4 Å². The van der Waals surface area contributed by atoms with Crippen molar-refractivity contribution in [2.75, 3.05) is 45.9 Å². The summed E-state index contributed by atoms with van der Waals surface area (Å²) in [5.41, 5.74) is -0.515. The predicted molar refractivity (Wildman–Crippen MR) is 194 cm³/mol. The second-order valence-corrected chi connectivity index (χ2v) is 14.9.